The van der Waals surface area contributed by atoms with E-state index < -0.39 is 5.97 Å². The van der Waals surface area contributed by atoms with Crippen LogP contribution >= 0.6 is 0 Å². The zero-order valence-corrected chi connectivity index (χ0v) is 14.7. The third-order valence-electron chi connectivity index (χ3n) is 3.71. The average Bonchev–Trinajstić information content (AvgIpc) is 2.61. The molecule has 0 spiro atoms. The van der Waals surface area contributed by atoms with Crippen LogP contribution in [0.25, 0.3) is 0 Å². The highest BCUT2D eigenvalue weighted by Crippen LogP contribution is 2.16. The molecule has 2 aromatic carbocycles. The standard InChI is InChI=1S/C20H24N2O3/c1-3-25-20(24)17-11-7-8-12-18(17)21-19(23)13-14-22(2)15-16-9-5-4-6-10-16/h4-12H,3,13-15H2,1-2H3,(H,21,23). The van der Waals surface area contributed by atoms with E-state index in [1.165, 1.54) is 5.56 Å². The van der Waals surface area contributed by atoms with Crippen LogP contribution in [0.1, 0.15) is 29.3 Å². The second-order valence-electron chi connectivity index (χ2n) is 5.79. The Balaban J connectivity index is 1.87. The number of esters is 1. The first-order chi connectivity index (χ1) is 12.1. The molecule has 132 valence electrons. The number of amides is 1. The van der Waals surface area contributed by atoms with Gasteiger partial charge in [-0.1, -0.05) is 42.5 Å². The van der Waals surface area contributed by atoms with Crippen LogP contribution in [0, 0.1) is 0 Å². The summed E-state index contributed by atoms with van der Waals surface area (Å²) >= 11 is 0. The molecule has 0 aliphatic carbocycles. The number of ether oxygens (including phenoxy) is 1. The van der Waals surface area contributed by atoms with Gasteiger partial charge in [-0.05, 0) is 31.7 Å². The highest BCUT2D eigenvalue weighted by molar-refractivity contribution is 6.01. The fourth-order valence-electron chi connectivity index (χ4n) is 2.46. The van der Waals surface area contributed by atoms with Gasteiger partial charge in [0.25, 0.3) is 0 Å². The van der Waals surface area contributed by atoms with Crippen molar-refractivity contribution in [2.24, 2.45) is 0 Å². The number of nitrogens with one attached hydrogen (secondary N) is 1. The first kappa shape index (κ1) is 18.7. The molecule has 1 N–H and O–H groups in total. The monoisotopic (exact) mass is 340 g/mol. The van der Waals surface area contributed by atoms with Crippen molar-refractivity contribution in [3.8, 4) is 0 Å². The Morgan fingerprint density at radius 2 is 1.72 bits per heavy atom. The molecule has 1 amide bonds. The first-order valence-corrected chi connectivity index (χ1v) is 8.38. The number of benzene rings is 2. The molecular formula is C20H24N2O3. The summed E-state index contributed by atoms with van der Waals surface area (Å²) in [4.78, 5) is 26.2. The highest BCUT2D eigenvalue weighted by atomic mass is 16.5. The maximum Gasteiger partial charge on any atom is 0.340 e. The predicted molar refractivity (Wildman–Crippen MR) is 98.4 cm³/mol. The van der Waals surface area contributed by atoms with Crippen LogP contribution in [-0.2, 0) is 16.1 Å². The molecule has 0 radical (unpaired) electrons. The Labute approximate surface area is 148 Å². The molecule has 5 heteroatoms. The first-order valence-electron chi connectivity index (χ1n) is 8.38. The van der Waals surface area contributed by atoms with Crippen LogP contribution in [0.15, 0.2) is 54.6 Å². The fraction of sp³-hybridized carbons (Fsp3) is 0.300. The van der Waals surface area contributed by atoms with E-state index in [9.17, 15) is 9.59 Å². The quantitative estimate of drug-likeness (QED) is 0.749. The van der Waals surface area contributed by atoms with Crippen molar-refractivity contribution >= 4 is 17.6 Å². The topological polar surface area (TPSA) is 58.6 Å². The van der Waals surface area contributed by atoms with Crippen molar-refractivity contribution in [3.05, 3.63) is 65.7 Å². The van der Waals surface area contributed by atoms with E-state index in [2.05, 4.69) is 22.3 Å². The molecule has 0 saturated heterocycles. The molecule has 0 aliphatic rings. The number of hydrogen-bond acceptors (Lipinski definition) is 4. The van der Waals surface area contributed by atoms with Gasteiger partial charge in [-0.3, -0.25) is 4.79 Å². The number of carbonyl (C=O) groups excluding carboxylic acids is 2. The zero-order chi connectivity index (χ0) is 18.1. The van der Waals surface area contributed by atoms with E-state index in [-0.39, 0.29) is 5.91 Å². The molecule has 0 atom stereocenters. The summed E-state index contributed by atoms with van der Waals surface area (Å²) in [7, 11) is 1.98. The highest BCUT2D eigenvalue weighted by Gasteiger charge is 2.14. The Morgan fingerprint density at radius 1 is 1.04 bits per heavy atom. The summed E-state index contributed by atoms with van der Waals surface area (Å²) in [5.74, 6) is -0.559. The SMILES string of the molecule is CCOC(=O)c1ccccc1NC(=O)CCN(C)Cc1ccccc1. The molecule has 5 nitrogen and oxygen atoms in total. The molecule has 0 fully saturated rings. The molecule has 0 heterocycles. The second kappa shape index (κ2) is 9.59. The lowest BCUT2D eigenvalue weighted by Gasteiger charge is -2.17. The molecule has 0 bridgehead atoms. The van der Waals surface area contributed by atoms with Gasteiger partial charge >= 0.3 is 5.97 Å². The van der Waals surface area contributed by atoms with Crippen LogP contribution < -0.4 is 5.32 Å². The van der Waals surface area contributed by atoms with Gasteiger partial charge < -0.3 is 15.0 Å². The van der Waals surface area contributed by atoms with Crippen molar-refractivity contribution in [2.45, 2.75) is 19.9 Å². The van der Waals surface area contributed by atoms with E-state index in [1.54, 1.807) is 31.2 Å². The van der Waals surface area contributed by atoms with Gasteiger partial charge in [0.2, 0.25) is 5.91 Å². The van der Waals surface area contributed by atoms with Crippen molar-refractivity contribution in [3.63, 3.8) is 0 Å². The molecule has 2 rings (SSSR count). The van der Waals surface area contributed by atoms with Crippen LogP contribution in [0.2, 0.25) is 0 Å². The lowest BCUT2D eigenvalue weighted by Crippen LogP contribution is -2.24. The van der Waals surface area contributed by atoms with Gasteiger partial charge in [0.05, 0.1) is 17.9 Å². The summed E-state index contributed by atoms with van der Waals surface area (Å²) in [6.07, 6.45) is 0.348. The number of hydrogen-bond donors (Lipinski definition) is 1. The summed E-state index contributed by atoms with van der Waals surface area (Å²) < 4.78 is 5.02. The van der Waals surface area contributed by atoms with Crippen molar-refractivity contribution in [1.82, 2.24) is 4.90 Å². The molecule has 0 saturated carbocycles. The lowest BCUT2D eigenvalue weighted by atomic mass is 10.1. The minimum Gasteiger partial charge on any atom is -0.462 e. The number of para-hydroxylation sites is 1. The van der Waals surface area contributed by atoms with Gasteiger partial charge in [0, 0.05) is 19.5 Å². The Hall–Kier alpha value is -2.66. The van der Waals surface area contributed by atoms with Crippen LogP contribution in [0.5, 0.6) is 0 Å². The summed E-state index contributed by atoms with van der Waals surface area (Å²) in [5.41, 5.74) is 2.06. The normalized spacial score (nSPS) is 10.5. The van der Waals surface area contributed by atoms with E-state index >= 15 is 0 Å². The van der Waals surface area contributed by atoms with Crippen molar-refractivity contribution < 1.29 is 14.3 Å². The van der Waals surface area contributed by atoms with Crippen molar-refractivity contribution in [2.75, 3.05) is 25.5 Å². The van der Waals surface area contributed by atoms with E-state index in [4.69, 9.17) is 4.74 Å². The fourth-order valence-corrected chi connectivity index (χ4v) is 2.46. The third kappa shape index (κ3) is 6.04. The average molecular weight is 340 g/mol. The predicted octanol–water partition coefficient (Wildman–Crippen LogP) is 3.32. The second-order valence-corrected chi connectivity index (χ2v) is 5.79. The molecule has 0 aliphatic heterocycles. The number of carbonyl (C=O) groups is 2. The Kier molecular flexibility index (Phi) is 7.16. The summed E-state index contributed by atoms with van der Waals surface area (Å²) in [6.45, 7) is 3.46. The van der Waals surface area contributed by atoms with Gasteiger partial charge in [0.1, 0.15) is 0 Å². The minimum absolute atomic E-state index is 0.128. The molecule has 0 unspecified atom stereocenters. The molecular weight excluding hydrogens is 316 g/mol. The number of rotatable bonds is 8. The van der Waals surface area contributed by atoms with Gasteiger partial charge in [-0.2, -0.15) is 0 Å². The van der Waals surface area contributed by atoms with Gasteiger partial charge in [-0.25, -0.2) is 4.79 Å². The summed E-state index contributed by atoms with van der Waals surface area (Å²) in [6, 6.07) is 17.0. The molecule has 0 aromatic heterocycles. The summed E-state index contributed by atoms with van der Waals surface area (Å²) in [5, 5.41) is 2.80. The van der Waals surface area contributed by atoms with E-state index in [1.807, 2.05) is 25.2 Å². The van der Waals surface area contributed by atoms with E-state index in [0.717, 1.165) is 6.54 Å². The van der Waals surface area contributed by atoms with Crippen molar-refractivity contribution in [1.29, 1.82) is 0 Å². The van der Waals surface area contributed by atoms with Crippen LogP contribution in [0.4, 0.5) is 5.69 Å². The Bertz CT molecular complexity index is 701. The smallest absolute Gasteiger partial charge is 0.340 e. The maximum absolute atomic E-state index is 12.2. The van der Waals surface area contributed by atoms with E-state index in [0.29, 0.717) is 30.8 Å². The van der Waals surface area contributed by atoms with Crippen LogP contribution in [0.3, 0.4) is 0 Å². The largest absolute Gasteiger partial charge is 0.462 e. The zero-order valence-electron chi connectivity index (χ0n) is 14.7. The third-order valence-corrected chi connectivity index (χ3v) is 3.71. The lowest BCUT2D eigenvalue weighted by molar-refractivity contribution is -0.116. The number of anilines is 1. The van der Waals surface area contributed by atoms with Gasteiger partial charge in [0.15, 0.2) is 0 Å². The van der Waals surface area contributed by atoms with Gasteiger partial charge in [-0.15, -0.1) is 0 Å². The molecule has 25 heavy (non-hydrogen) atoms. The minimum atomic E-state index is -0.431. The number of nitrogens with zero attached hydrogens (tertiary/aromatic N) is 1. The van der Waals surface area contributed by atoms with Crippen LogP contribution in [-0.4, -0.2) is 37.0 Å². The molecule has 2 aromatic rings. The Morgan fingerprint density at radius 3 is 2.44 bits per heavy atom. The maximum atomic E-state index is 12.2.